The summed E-state index contributed by atoms with van der Waals surface area (Å²) in [5, 5.41) is 0. The third kappa shape index (κ3) is 2.25. The van der Waals surface area contributed by atoms with Crippen LogP contribution in [0.2, 0.25) is 0 Å². The number of aromatic nitrogens is 2. The van der Waals surface area contributed by atoms with Crippen LogP contribution in [0.5, 0.6) is 0 Å². The quantitative estimate of drug-likeness (QED) is 0.809. The smallest absolute Gasteiger partial charge is 0.151 e. The highest BCUT2D eigenvalue weighted by molar-refractivity contribution is 5.43. The fraction of sp³-hybridized carbons (Fsp3) is 0.667. The average molecular weight is 233 g/mol. The molecule has 0 radical (unpaired) electrons. The summed E-state index contributed by atoms with van der Waals surface area (Å²) in [4.78, 5) is 13.6. The Labute approximate surface area is 102 Å². The molecule has 5 nitrogen and oxygen atoms in total. The van der Waals surface area contributed by atoms with E-state index in [9.17, 15) is 0 Å². The highest BCUT2D eigenvalue weighted by Crippen LogP contribution is 2.28. The van der Waals surface area contributed by atoms with Crippen LogP contribution in [-0.4, -0.2) is 47.1 Å². The highest BCUT2D eigenvalue weighted by atomic mass is 15.3. The molecule has 0 amide bonds. The summed E-state index contributed by atoms with van der Waals surface area (Å²) in [6.45, 7) is 4.84. The largest absolute Gasteiger partial charge is 0.353 e. The predicted octanol–water partition coefficient (Wildman–Crippen LogP) is 0.220. The molecule has 2 fully saturated rings. The molecule has 2 aliphatic rings. The van der Waals surface area contributed by atoms with Gasteiger partial charge in [-0.3, -0.25) is 9.88 Å². The van der Waals surface area contributed by atoms with Crippen LogP contribution in [0.15, 0.2) is 12.4 Å². The first-order valence-electron chi connectivity index (χ1n) is 6.37. The molecule has 2 N–H and O–H groups in total. The molecule has 1 aromatic rings. The van der Waals surface area contributed by atoms with Gasteiger partial charge < -0.3 is 10.6 Å². The second kappa shape index (κ2) is 4.58. The molecule has 5 heteroatoms. The van der Waals surface area contributed by atoms with Crippen LogP contribution >= 0.6 is 0 Å². The van der Waals surface area contributed by atoms with Gasteiger partial charge in [-0.15, -0.1) is 0 Å². The van der Waals surface area contributed by atoms with Crippen LogP contribution < -0.4 is 10.6 Å². The van der Waals surface area contributed by atoms with Crippen LogP contribution in [0, 0.1) is 0 Å². The van der Waals surface area contributed by atoms with E-state index in [2.05, 4.69) is 19.8 Å². The summed E-state index contributed by atoms with van der Waals surface area (Å²) in [6.07, 6.45) is 6.24. The number of rotatable bonds is 3. The number of piperazine rings is 1. The van der Waals surface area contributed by atoms with Crippen molar-refractivity contribution in [2.45, 2.75) is 25.4 Å². The summed E-state index contributed by atoms with van der Waals surface area (Å²) in [6, 6.07) is 0.869. The Bertz CT molecular complexity index is 382. The molecule has 1 saturated heterocycles. The van der Waals surface area contributed by atoms with Crippen LogP contribution in [0.4, 0.5) is 5.82 Å². The fourth-order valence-corrected chi connectivity index (χ4v) is 2.51. The Balaban J connectivity index is 1.68. The van der Waals surface area contributed by atoms with Gasteiger partial charge in [-0.2, -0.15) is 0 Å². The van der Waals surface area contributed by atoms with Crippen LogP contribution in [0.3, 0.4) is 0 Å². The van der Waals surface area contributed by atoms with Crippen molar-refractivity contribution in [3.05, 3.63) is 18.1 Å². The van der Waals surface area contributed by atoms with Crippen molar-refractivity contribution in [2.75, 3.05) is 31.1 Å². The first-order chi connectivity index (χ1) is 8.38. The Morgan fingerprint density at radius 3 is 2.47 bits per heavy atom. The molecule has 3 rings (SSSR count). The first-order valence-corrected chi connectivity index (χ1v) is 6.37. The van der Waals surface area contributed by atoms with Gasteiger partial charge in [0.25, 0.3) is 0 Å². The van der Waals surface area contributed by atoms with Gasteiger partial charge in [-0.05, 0) is 12.8 Å². The van der Waals surface area contributed by atoms with E-state index in [-0.39, 0.29) is 0 Å². The molecule has 0 spiro atoms. The summed E-state index contributed by atoms with van der Waals surface area (Å²) < 4.78 is 0. The van der Waals surface area contributed by atoms with E-state index in [4.69, 9.17) is 5.73 Å². The zero-order chi connectivity index (χ0) is 11.7. The number of hydrogen-bond acceptors (Lipinski definition) is 5. The standard InChI is InChI=1S/C12H19N5/c13-9-11-12(15-4-3-14-11)17-7-5-16(6-8-17)10-1-2-10/h3-4,10H,1-2,5-9,13H2. The Morgan fingerprint density at radius 1 is 1.12 bits per heavy atom. The van der Waals surface area contributed by atoms with Crippen molar-refractivity contribution >= 4 is 5.82 Å². The number of nitrogens with two attached hydrogens (primary N) is 1. The zero-order valence-electron chi connectivity index (χ0n) is 10.0. The molecular formula is C12H19N5. The molecule has 0 aromatic carbocycles. The zero-order valence-corrected chi connectivity index (χ0v) is 10.0. The van der Waals surface area contributed by atoms with Crippen LogP contribution in [0.25, 0.3) is 0 Å². The van der Waals surface area contributed by atoms with Gasteiger partial charge in [-0.25, -0.2) is 4.98 Å². The maximum Gasteiger partial charge on any atom is 0.151 e. The molecule has 17 heavy (non-hydrogen) atoms. The normalized spacial score (nSPS) is 21.8. The minimum Gasteiger partial charge on any atom is -0.353 e. The minimum atomic E-state index is 0.464. The second-order valence-electron chi connectivity index (χ2n) is 4.78. The van der Waals surface area contributed by atoms with Crippen molar-refractivity contribution in [3.63, 3.8) is 0 Å². The third-order valence-corrected chi connectivity index (χ3v) is 3.62. The SMILES string of the molecule is NCc1nccnc1N1CCN(C2CC2)CC1. The number of nitrogens with zero attached hydrogens (tertiary/aromatic N) is 4. The molecule has 1 saturated carbocycles. The summed E-state index contributed by atoms with van der Waals surface area (Å²) in [7, 11) is 0. The highest BCUT2D eigenvalue weighted by Gasteiger charge is 2.31. The first kappa shape index (κ1) is 10.9. The van der Waals surface area contributed by atoms with E-state index < -0.39 is 0 Å². The molecule has 2 heterocycles. The van der Waals surface area contributed by atoms with E-state index in [1.54, 1.807) is 12.4 Å². The fourth-order valence-electron chi connectivity index (χ4n) is 2.51. The van der Waals surface area contributed by atoms with E-state index in [0.717, 1.165) is 43.7 Å². The molecule has 1 aliphatic carbocycles. The lowest BCUT2D eigenvalue weighted by Crippen LogP contribution is -2.47. The van der Waals surface area contributed by atoms with E-state index in [0.29, 0.717) is 6.54 Å². The molecule has 0 bridgehead atoms. The van der Waals surface area contributed by atoms with Crippen molar-refractivity contribution in [1.82, 2.24) is 14.9 Å². The van der Waals surface area contributed by atoms with Crippen molar-refractivity contribution < 1.29 is 0 Å². The average Bonchev–Trinajstić information content (AvgIpc) is 3.23. The molecule has 1 aromatic heterocycles. The predicted molar refractivity (Wildman–Crippen MR) is 66.7 cm³/mol. The van der Waals surface area contributed by atoms with Gasteiger partial charge in [0.2, 0.25) is 0 Å². The minimum absolute atomic E-state index is 0.464. The van der Waals surface area contributed by atoms with Crippen LogP contribution in [0.1, 0.15) is 18.5 Å². The van der Waals surface area contributed by atoms with Crippen molar-refractivity contribution in [1.29, 1.82) is 0 Å². The molecule has 92 valence electrons. The summed E-state index contributed by atoms with van der Waals surface area (Å²) in [5.74, 6) is 0.977. The maximum atomic E-state index is 5.70. The van der Waals surface area contributed by atoms with Gasteiger partial charge in [0.1, 0.15) is 0 Å². The lowest BCUT2D eigenvalue weighted by molar-refractivity contribution is 0.247. The molecule has 0 unspecified atom stereocenters. The number of hydrogen-bond donors (Lipinski definition) is 1. The van der Waals surface area contributed by atoms with Gasteiger partial charge in [-0.1, -0.05) is 0 Å². The monoisotopic (exact) mass is 233 g/mol. The van der Waals surface area contributed by atoms with Gasteiger partial charge >= 0.3 is 0 Å². The van der Waals surface area contributed by atoms with Crippen LogP contribution in [-0.2, 0) is 6.54 Å². The lowest BCUT2D eigenvalue weighted by atomic mass is 10.3. The topological polar surface area (TPSA) is 58.3 Å². The van der Waals surface area contributed by atoms with Gasteiger partial charge in [0.15, 0.2) is 5.82 Å². The Morgan fingerprint density at radius 2 is 1.82 bits per heavy atom. The van der Waals surface area contributed by atoms with E-state index >= 15 is 0 Å². The second-order valence-corrected chi connectivity index (χ2v) is 4.78. The number of anilines is 1. The molecular weight excluding hydrogens is 214 g/mol. The maximum absolute atomic E-state index is 5.70. The summed E-state index contributed by atoms with van der Waals surface area (Å²) >= 11 is 0. The Hall–Kier alpha value is -1.20. The molecule has 0 atom stereocenters. The molecule has 1 aliphatic heterocycles. The summed E-state index contributed by atoms with van der Waals surface area (Å²) in [5.41, 5.74) is 6.61. The van der Waals surface area contributed by atoms with E-state index in [1.165, 1.54) is 12.8 Å². The van der Waals surface area contributed by atoms with Gasteiger partial charge in [0, 0.05) is 51.2 Å². The lowest BCUT2D eigenvalue weighted by Gasteiger charge is -2.35. The van der Waals surface area contributed by atoms with E-state index in [1.807, 2.05) is 0 Å². The van der Waals surface area contributed by atoms with Crippen molar-refractivity contribution in [3.8, 4) is 0 Å². The Kier molecular flexibility index (Phi) is 2.94. The van der Waals surface area contributed by atoms with Crippen molar-refractivity contribution in [2.24, 2.45) is 5.73 Å². The third-order valence-electron chi connectivity index (χ3n) is 3.62. The van der Waals surface area contributed by atoms with Gasteiger partial charge in [0.05, 0.1) is 5.69 Å².